The Kier molecular flexibility index (Phi) is 4.29. The summed E-state index contributed by atoms with van der Waals surface area (Å²) in [6, 6.07) is -0.574. The predicted octanol–water partition coefficient (Wildman–Crippen LogP) is 0.119. The van der Waals surface area contributed by atoms with E-state index in [0.717, 1.165) is 6.42 Å². The molecule has 15 heavy (non-hydrogen) atoms. The highest BCUT2D eigenvalue weighted by atomic mass is 16.3. The van der Waals surface area contributed by atoms with Gasteiger partial charge in [0.1, 0.15) is 0 Å². The Morgan fingerprint density at radius 3 is 3.00 bits per heavy atom. The largest absolute Gasteiger partial charge is 0.394 e. The lowest BCUT2D eigenvalue weighted by molar-refractivity contribution is -0.134. The lowest BCUT2D eigenvalue weighted by Crippen LogP contribution is -2.47. The third-order valence-corrected chi connectivity index (χ3v) is 3.09. The van der Waals surface area contributed by atoms with Crippen molar-refractivity contribution in [1.29, 1.82) is 0 Å². The van der Waals surface area contributed by atoms with Gasteiger partial charge >= 0.3 is 0 Å². The maximum atomic E-state index is 11.9. The van der Waals surface area contributed by atoms with E-state index >= 15 is 0 Å². The van der Waals surface area contributed by atoms with Gasteiger partial charge in [0.15, 0.2) is 0 Å². The number of rotatable bonds is 4. The highest BCUT2D eigenvalue weighted by Crippen LogP contribution is 2.24. The molecule has 1 aliphatic heterocycles. The Bertz CT molecular complexity index is 243. The molecule has 0 aromatic rings. The number of carbonyl (C=O) groups is 1. The molecule has 4 heteroatoms. The van der Waals surface area contributed by atoms with Gasteiger partial charge in [-0.2, -0.15) is 0 Å². The summed E-state index contributed by atoms with van der Waals surface area (Å²) < 4.78 is 0. The van der Waals surface area contributed by atoms with E-state index in [1.54, 1.807) is 11.0 Å². The molecular weight excluding hydrogens is 192 g/mol. The van der Waals surface area contributed by atoms with Crippen molar-refractivity contribution >= 4 is 5.91 Å². The van der Waals surface area contributed by atoms with Crippen LogP contribution in [-0.2, 0) is 4.79 Å². The average Bonchev–Trinajstić information content (AvgIpc) is 2.58. The average molecular weight is 212 g/mol. The monoisotopic (exact) mass is 212 g/mol. The van der Waals surface area contributed by atoms with Crippen LogP contribution in [0.2, 0.25) is 0 Å². The van der Waals surface area contributed by atoms with E-state index in [-0.39, 0.29) is 18.6 Å². The number of aliphatic hydroxyl groups excluding tert-OH is 1. The topological polar surface area (TPSA) is 66.6 Å². The van der Waals surface area contributed by atoms with Crippen LogP contribution >= 0.6 is 0 Å². The molecule has 1 fully saturated rings. The number of hydrogen-bond acceptors (Lipinski definition) is 3. The summed E-state index contributed by atoms with van der Waals surface area (Å²) in [5, 5.41) is 9.21. The molecule has 0 saturated carbocycles. The SMILES string of the molecule is C=CCC(N)C(=O)N1CCC(C)C1CO. The number of nitrogens with two attached hydrogens (primary N) is 1. The molecule has 0 radical (unpaired) electrons. The van der Waals surface area contributed by atoms with E-state index in [2.05, 4.69) is 6.58 Å². The molecule has 4 nitrogen and oxygen atoms in total. The van der Waals surface area contributed by atoms with E-state index in [9.17, 15) is 9.90 Å². The fourth-order valence-corrected chi connectivity index (χ4v) is 2.05. The Hall–Kier alpha value is -0.870. The van der Waals surface area contributed by atoms with Gasteiger partial charge in [-0.25, -0.2) is 0 Å². The van der Waals surface area contributed by atoms with Gasteiger partial charge in [0.05, 0.1) is 18.7 Å². The van der Waals surface area contributed by atoms with Crippen LogP contribution in [0.25, 0.3) is 0 Å². The standard InChI is InChI=1S/C11H20N2O2/c1-3-4-9(12)11(15)13-6-5-8(2)10(13)7-14/h3,8-10,14H,1,4-7,12H2,2H3. The Morgan fingerprint density at radius 1 is 1.80 bits per heavy atom. The van der Waals surface area contributed by atoms with Crippen molar-refractivity contribution < 1.29 is 9.90 Å². The van der Waals surface area contributed by atoms with E-state index in [4.69, 9.17) is 5.73 Å². The summed E-state index contributed by atoms with van der Waals surface area (Å²) >= 11 is 0. The smallest absolute Gasteiger partial charge is 0.240 e. The molecule has 1 rings (SSSR count). The molecule has 3 unspecified atom stereocenters. The normalized spacial score (nSPS) is 27.8. The van der Waals surface area contributed by atoms with Gasteiger partial charge in [-0.1, -0.05) is 13.0 Å². The number of carbonyl (C=O) groups excluding carboxylic acids is 1. The van der Waals surface area contributed by atoms with Crippen LogP contribution in [-0.4, -0.2) is 41.1 Å². The van der Waals surface area contributed by atoms with Gasteiger partial charge in [-0.3, -0.25) is 4.79 Å². The van der Waals surface area contributed by atoms with Crippen molar-refractivity contribution in [3.8, 4) is 0 Å². The third-order valence-electron chi connectivity index (χ3n) is 3.09. The summed E-state index contributed by atoms with van der Waals surface area (Å²) in [6.07, 6.45) is 3.08. The highest BCUT2D eigenvalue weighted by molar-refractivity contribution is 5.82. The summed E-state index contributed by atoms with van der Waals surface area (Å²) in [6.45, 7) is 6.34. The second-order valence-corrected chi connectivity index (χ2v) is 4.18. The predicted molar refractivity (Wildman–Crippen MR) is 59.2 cm³/mol. The number of aliphatic hydroxyl groups is 1. The van der Waals surface area contributed by atoms with Crippen LogP contribution in [0.1, 0.15) is 19.8 Å². The Balaban J connectivity index is 2.63. The Morgan fingerprint density at radius 2 is 2.47 bits per heavy atom. The quantitative estimate of drug-likeness (QED) is 0.650. The molecule has 3 N–H and O–H groups in total. The van der Waals surface area contributed by atoms with Crippen LogP contribution in [0.3, 0.4) is 0 Å². The van der Waals surface area contributed by atoms with Crippen molar-refractivity contribution in [2.75, 3.05) is 13.2 Å². The molecule has 3 atom stereocenters. The van der Waals surface area contributed by atoms with E-state index < -0.39 is 6.04 Å². The second kappa shape index (κ2) is 5.28. The minimum absolute atomic E-state index is 0.0215. The summed E-state index contributed by atoms with van der Waals surface area (Å²) in [5.41, 5.74) is 5.73. The lowest BCUT2D eigenvalue weighted by Gasteiger charge is -2.27. The molecule has 1 saturated heterocycles. The number of likely N-dealkylation sites (tertiary alicyclic amines) is 1. The molecule has 0 spiro atoms. The minimum Gasteiger partial charge on any atom is -0.394 e. The van der Waals surface area contributed by atoms with E-state index in [0.29, 0.717) is 18.9 Å². The number of hydrogen-bond donors (Lipinski definition) is 2. The first-order chi connectivity index (χ1) is 7.11. The first-order valence-electron chi connectivity index (χ1n) is 5.39. The molecule has 0 aromatic carbocycles. The molecule has 1 aliphatic rings. The molecular formula is C11H20N2O2. The maximum Gasteiger partial charge on any atom is 0.240 e. The zero-order chi connectivity index (χ0) is 11.4. The van der Waals surface area contributed by atoms with Crippen LogP contribution in [0.5, 0.6) is 0 Å². The third kappa shape index (κ3) is 2.58. The Labute approximate surface area is 90.7 Å². The van der Waals surface area contributed by atoms with Gasteiger partial charge in [-0.05, 0) is 18.8 Å². The second-order valence-electron chi connectivity index (χ2n) is 4.18. The van der Waals surface area contributed by atoms with Gasteiger partial charge in [-0.15, -0.1) is 6.58 Å². The van der Waals surface area contributed by atoms with Crippen LogP contribution in [0.15, 0.2) is 12.7 Å². The van der Waals surface area contributed by atoms with Crippen LogP contribution in [0.4, 0.5) is 0 Å². The first-order valence-corrected chi connectivity index (χ1v) is 5.39. The fourth-order valence-electron chi connectivity index (χ4n) is 2.05. The molecule has 0 aliphatic carbocycles. The first kappa shape index (κ1) is 12.2. The van der Waals surface area contributed by atoms with E-state index in [1.807, 2.05) is 6.92 Å². The number of amides is 1. The molecule has 1 heterocycles. The minimum atomic E-state index is -0.512. The molecule has 0 bridgehead atoms. The lowest BCUT2D eigenvalue weighted by atomic mass is 10.0. The van der Waals surface area contributed by atoms with Gasteiger partial charge in [0.2, 0.25) is 5.91 Å². The highest BCUT2D eigenvalue weighted by Gasteiger charge is 2.35. The fraction of sp³-hybridized carbons (Fsp3) is 0.727. The molecule has 0 aromatic heterocycles. The summed E-state index contributed by atoms with van der Waals surface area (Å²) in [7, 11) is 0. The van der Waals surface area contributed by atoms with Crippen LogP contribution < -0.4 is 5.73 Å². The van der Waals surface area contributed by atoms with Gasteiger partial charge in [0, 0.05) is 6.54 Å². The maximum absolute atomic E-state index is 11.9. The van der Waals surface area contributed by atoms with Crippen molar-refractivity contribution in [3.63, 3.8) is 0 Å². The van der Waals surface area contributed by atoms with Crippen molar-refractivity contribution in [2.45, 2.75) is 31.8 Å². The van der Waals surface area contributed by atoms with E-state index in [1.165, 1.54) is 0 Å². The van der Waals surface area contributed by atoms with Gasteiger partial charge in [0.25, 0.3) is 0 Å². The van der Waals surface area contributed by atoms with Crippen molar-refractivity contribution in [3.05, 3.63) is 12.7 Å². The molecule has 1 amide bonds. The van der Waals surface area contributed by atoms with Crippen molar-refractivity contribution in [1.82, 2.24) is 4.90 Å². The zero-order valence-corrected chi connectivity index (χ0v) is 9.22. The van der Waals surface area contributed by atoms with Gasteiger partial charge < -0.3 is 15.7 Å². The van der Waals surface area contributed by atoms with Crippen LogP contribution in [0, 0.1) is 5.92 Å². The molecule has 86 valence electrons. The zero-order valence-electron chi connectivity index (χ0n) is 9.22. The summed E-state index contributed by atoms with van der Waals surface area (Å²) in [5.74, 6) is 0.285. The number of nitrogens with zero attached hydrogens (tertiary/aromatic N) is 1. The van der Waals surface area contributed by atoms with Crippen molar-refractivity contribution in [2.24, 2.45) is 11.7 Å². The summed E-state index contributed by atoms with van der Waals surface area (Å²) in [4.78, 5) is 13.6.